The molecule has 0 saturated heterocycles. The molecule has 0 unspecified atom stereocenters. The molecule has 13 heavy (non-hydrogen) atoms. The second-order valence-electron chi connectivity index (χ2n) is 2.63. The van der Waals surface area contributed by atoms with Crippen LogP contribution in [0.4, 0.5) is 0 Å². The van der Waals surface area contributed by atoms with Crippen LogP contribution in [-0.2, 0) is 0 Å². The Bertz CT molecular complexity index is 368. The van der Waals surface area contributed by atoms with Gasteiger partial charge in [-0.3, -0.25) is 0 Å². The van der Waals surface area contributed by atoms with Crippen LogP contribution in [0, 0.1) is 0 Å². The van der Waals surface area contributed by atoms with Crippen LogP contribution in [0.15, 0.2) is 30.5 Å². The van der Waals surface area contributed by atoms with E-state index in [1.54, 1.807) is 0 Å². The number of benzene rings is 1. The van der Waals surface area contributed by atoms with Crippen LogP contribution >= 0.6 is 63.7 Å². The predicted octanol–water partition coefficient (Wildman–Crippen LogP) is 5.77. The first-order valence-corrected chi connectivity index (χ1v) is 6.61. The molecule has 0 N–H and O–H groups in total. The van der Waals surface area contributed by atoms with Crippen molar-refractivity contribution >= 4 is 69.3 Å². The average molecular weight is 434 g/mol. The third-order valence-electron chi connectivity index (χ3n) is 1.56. The summed E-state index contributed by atoms with van der Waals surface area (Å²) in [4.78, 5) is 0. The first-order valence-electron chi connectivity index (χ1n) is 3.44. The second-order valence-corrected chi connectivity index (χ2v) is 5.86. The van der Waals surface area contributed by atoms with Gasteiger partial charge < -0.3 is 0 Å². The minimum absolute atomic E-state index is 1.000. The summed E-state index contributed by atoms with van der Waals surface area (Å²) in [5, 5.41) is 0. The lowest BCUT2D eigenvalue weighted by Crippen LogP contribution is -1.85. The van der Waals surface area contributed by atoms with E-state index >= 15 is 0 Å². The van der Waals surface area contributed by atoms with Crippen LogP contribution in [-0.4, -0.2) is 0 Å². The van der Waals surface area contributed by atoms with E-state index < -0.39 is 0 Å². The fraction of sp³-hybridized carbons (Fsp3) is 0.111. The molecule has 0 saturated carbocycles. The number of hydrogen-bond acceptors (Lipinski definition) is 0. The summed E-state index contributed by atoms with van der Waals surface area (Å²) >= 11 is 13.9. The van der Waals surface area contributed by atoms with Gasteiger partial charge in [-0.1, -0.05) is 6.58 Å². The van der Waals surface area contributed by atoms with Crippen LogP contribution in [0.3, 0.4) is 0 Å². The van der Waals surface area contributed by atoms with Crippen molar-refractivity contribution in [3.05, 3.63) is 36.1 Å². The van der Waals surface area contributed by atoms with Gasteiger partial charge in [0.15, 0.2) is 0 Å². The van der Waals surface area contributed by atoms with Crippen LogP contribution < -0.4 is 0 Å². The van der Waals surface area contributed by atoms with Crippen molar-refractivity contribution in [3.8, 4) is 0 Å². The van der Waals surface area contributed by atoms with E-state index in [-0.39, 0.29) is 0 Å². The van der Waals surface area contributed by atoms with Gasteiger partial charge in [0.05, 0.1) is 0 Å². The van der Waals surface area contributed by atoms with E-state index in [1.807, 2.05) is 13.0 Å². The molecule has 70 valence electrons. The Balaban J connectivity index is 3.50. The van der Waals surface area contributed by atoms with E-state index in [2.05, 4.69) is 70.3 Å². The van der Waals surface area contributed by atoms with Gasteiger partial charge in [0, 0.05) is 17.9 Å². The molecule has 1 aromatic carbocycles. The first-order chi connectivity index (χ1) is 5.95. The van der Waals surface area contributed by atoms with Crippen molar-refractivity contribution in [1.29, 1.82) is 0 Å². The van der Waals surface area contributed by atoms with Crippen LogP contribution in [0.25, 0.3) is 5.57 Å². The zero-order chi connectivity index (χ0) is 10.2. The van der Waals surface area contributed by atoms with Crippen LogP contribution in [0.1, 0.15) is 12.5 Å². The summed E-state index contributed by atoms with van der Waals surface area (Å²) in [5.74, 6) is 0. The molecule has 4 heteroatoms. The molecule has 0 atom stereocenters. The molecule has 0 aromatic heterocycles. The van der Waals surface area contributed by atoms with Gasteiger partial charge in [-0.15, -0.1) is 0 Å². The maximum atomic E-state index is 3.91. The van der Waals surface area contributed by atoms with Gasteiger partial charge in [0.1, 0.15) is 0 Å². The summed E-state index contributed by atoms with van der Waals surface area (Å²) in [7, 11) is 0. The van der Waals surface area contributed by atoms with Crippen molar-refractivity contribution < 1.29 is 0 Å². The Morgan fingerprint density at radius 3 is 2.08 bits per heavy atom. The van der Waals surface area contributed by atoms with Crippen molar-refractivity contribution in [3.63, 3.8) is 0 Å². The monoisotopic (exact) mass is 430 g/mol. The van der Waals surface area contributed by atoms with E-state index in [0.29, 0.717) is 0 Å². The summed E-state index contributed by atoms with van der Waals surface area (Å²) in [6.45, 7) is 5.89. The molecule has 0 spiro atoms. The number of hydrogen-bond donors (Lipinski definition) is 0. The van der Waals surface area contributed by atoms with E-state index in [0.717, 1.165) is 29.0 Å². The standard InChI is InChI=1S/C9H6Br4/c1-4(2)5-3-6(10)8(12)9(13)7(5)11/h3H,1H2,2H3. The lowest BCUT2D eigenvalue weighted by atomic mass is 10.1. The van der Waals surface area contributed by atoms with Crippen molar-refractivity contribution in [2.24, 2.45) is 0 Å². The van der Waals surface area contributed by atoms with Crippen molar-refractivity contribution in [2.45, 2.75) is 6.92 Å². The fourth-order valence-electron chi connectivity index (χ4n) is 0.883. The molecule has 0 radical (unpaired) electrons. The zero-order valence-electron chi connectivity index (χ0n) is 6.80. The van der Waals surface area contributed by atoms with Gasteiger partial charge in [0.2, 0.25) is 0 Å². The molecular weight excluding hydrogens is 428 g/mol. The predicted molar refractivity (Wildman–Crippen MR) is 72.0 cm³/mol. The summed E-state index contributed by atoms with van der Waals surface area (Å²) in [5.41, 5.74) is 2.13. The molecule has 1 rings (SSSR count). The summed E-state index contributed by atoms with van der Waals surface area (Å²) < 4.78 is 4.04. The zero-order valence-corrected chi connectivity index (χ0v) is 13.1. The molecule has 0 aliphatic carbocycles. The topological polar surface area (TPSA) is 0 Å². The normalized spacial score (nSPS) is 10.2. The van der Waals surface area contributed by atoms with E-state index in [1.165, 1.54) is 0 Å². The molecule has 0 nitrogen and oxygen atoms in total. The average Bonchev–Trinajstić information content (AvgIpc) is 2.07. The quantitative estimate of drug-likeness (QED) is 0.389. The Kier molecular flexibility index (Phi) is 4.23. The van der Waals surface area contributed by atoms with Gasteiger partial charge in [-0.25, -0.2) is 0 Å². The summed E-state index contributed by atoms with van der Waals surface area (Å²) in [6.07, 6.45) is 0. The fourth-order valence-corrected chi connectivity index (χ4v) is 3.23. The number of rotatable bonds is 1. The molecule has 0 bridgehead atoms. The lowest BCUT2D eigenvalue weighted by Gasteiger charge is -2.09. The molecule has 0 heterocycles. The van der Waals surface area contributed by atoms with Crippen LogP contribution in [0.5, 0.6) is 0 Å². The van der Waals surface area contributed by atoms with Gasteiger partial charge >= 0.3 is 0 Å². The Hall–Kier alpha value is 0.880. The van der Waals surface area contributed by atoms with Gasteiger partial charge in [-0.05, 0) is 87.8 Å². The Morgan fingerprint density at radius 2 is 1.62 bits per heavy atom. The lowest BCUT2D eigenvalue weighted by molar-refractivity contribution is 1.44. The minimum Gasteiger partial charge on any atom is -0.0955 e. The molecule has 0 amide bonds. The molecular formula is C9H6Br4. The van der Waals surface area contributed by atoms with Crippen molar-refractivity contribution in [1.82, 2.24) is 0 Å². The molecule has 0 aliphatic heterocycles. The van der Waals surface area contributed by atoms with E-state index in [4.69, 9.17) is 0 Å². The van der Waals surface area contributed by atoms with Crippen molar-refractivity contribution in [2.75, 3.05) is 0 Å². The Morgan fingerprint density at radius 1 is 1.08 bits per heavy atom. The Labute approximate surface area is 111 Å². The van der Waals surface area contributed by atoms with Gasteiger partial charge in [-0.2, -0.15) is 0 Å². The summed E-state index contributed by atoms with van der Waals surface area (Å²) in [6, 6.07) is 2.03. The maximum absolute atomic E-state index is 3.91. The molecule has 0 fully saturated rings. The first kappa shape index (κ1) is 12.0. The number of allylic oxidation sites excluding steroid dienone is 1. The SMILES string of the molecule is C=C(C)c1cc(Br)c(Br)c(Br)c1Br. The molecule has 0 aliphatic rings. The molecule has 1 aromatic rings. The highest BCUT2D eigenvalue weighted by Crippen LogP contribution is 2.40. The number of halogens is 4. The largest absolute Gasteiger partial charge is 0.0955 e. The minimum atomic E-state index is 1.000. The third-order valence-corrected chi connectivity index (χ3v) is 6.22. The highest BCUT2D eigenvalue weighted by atomic mass is 79.9. The van der Waals surface area contributed by atoms with E-state index in [9.17, 15) is 0 Å². The maximum Gasteiger partial charge on any atom is 0.0477 e. The van der Waals surface area contributed by atoms with Crippen LogP contribution in [0.2, 0.25) is 0 Å². The highest BCUT2D eigenvalue weighted by molar-refractivity contribution is 9.15. The smallest absolute Gasteiger partial charge is 0.0477 e. The third kappa shape index (κ3) is 2.46. The highest BCUT2D eigenvalue weighted by Gasteiger charge is 2.11. The van der Waals surface area contributed by atoms with Gasteiger partial charge in [0.25, 0.3) is 0 Å². The second kappa shape index (κ2) is 4.60.